The van der Waals surface area contributed by atoms with Crippen LogP contribution < -0.4 is 0 Å². The van der Waals surface area contributed by atoms with Crippen molar-refractivity contribution in [2.75, 3.05) is 7.11 Å². The summed E-state index contributed by atoms with van der Waals surface area (Å²) < 4.78 is 11.9. The van der Waals surface area contributed by atoms with Crippen molar-refractivity contribution in [3.05, 3.63) is 46.1 Å². The maximum atomic E-state index is 14.6. The Morgan fingerprint density at radius 2 is 1.64 bits per heavy atom. The van der Waals surface area contributed by atoms with Crippen molar-refractivity contribution >= 4 is 23.3 Å². The average Bonchev–Trinajstić information content (AvgIpc) is 3.03. The molecule has 0 aromatic carbocycles. The van der Waals surface area contributed by atoms with Gasteiger partial charge in [-0.25, -0.2) is 0 Å². The van der Waals surface area contributed by atoms with Crippen LogP contribution in [-0.2, 0) is 28.7 Å². The summed E-state index contributed by atoms with van der Waals surface area (Å²) >= 11 is 0. The van der Waals surface area contributed by atoms with Crippen molar-refractivity contribution in [2.45, 2.75) is 149 Å². The Balaban J connectivity index is 2.00. The number of allylic oxidation sites excluding steroid dienone is 7. The zero-order valence-corrected chi connectivity index (χ0v) is 31.6. The van der Waals surface area contributed by atoms with E-state index in [-0.39, 0.29) is 49.0 Å². The van der Waals surface area contributed by atoms with E-state index in [4.69, 9.17) is 9.47 Å². The van der Waals surface area contributed by atoms with E-state index in [2.05, 4.69) is 0 Å². The van der Waals surface area contributed by atoms with E-state index in [1.807, 2.05) is 46.8 Å². The molecule has 278 valence electrons. The number of aliphatic hydroxyl groups is 3. The summed E-state index contributed by atoms with van der Waals surface area (Å²) in [6.07, 6.45) is 5.25. The van der Waals surface area contributed by atoms with E-state index in [1.54, 1.807) is 26.8 Å². The summed E-state index contributed by atoms with van der Waals surface area (Å²) in [5.41, 5.74) is -0.799. The van der Waals surface area contributed by atoms with Crippen LogP contribution in [0.3, 0.4) is 0 Å². The van der Waals surface area contributed by atoms with Crippen molar-refractivity contribution in [3.63, 3.8) is 0 Å². The molecule has 3 N–H and O–H groups in total. The van der Waals surface area contributed by atoms with E-state index in [9.17, 15) is 34.5 Å². The molecule has 2 aliphatic heterocycles. The van der Waals surface area contributed by atoms with Gasteiger partial charge in [0.1, 0.15) is 11.4 Å². The highest BCUT2D eigenvalue weighted by molar-refractivity contribution is 6.02. The molecule has 0 unspecified atom stereocenters. The van der Waals surface area contributed by atoms with Crippen LogP contribution in [0.1, 0.15) is 120 Å². The molecule has 1 fully saturated rings. The minimum Gasteiger partial charge on any atom is -0.469 e. The number of fused-ring (bicyclic) bond motifs is 5. The fourth-order valence-corrected chi connectivity index (χ4v) is 8.79. The van der Waals surface area contributed by atoms with Gasteiger partial charge >= 0.3 is 5.97 Å². The van der Waals surface area contributed by atoms with E-state index >= 15 is 0 Å². The standard InChI is InChI=1S/C41H60O9/c1-23(2)28-20-32(42)26(5)12-10-11-24(3)18-33(43)31-19-27(6)29-21-35(45)40(8,48)37-15-16-39(7,47)36(50-37)14-13-25(4)17-30(29)41(31,22-34(28)44)38(46)49-9/h12,17-18,23,28,30-31,35-37,45,47-48H,10-11,13-16,19-22H2,1-9H3/b24-18+,25-17-,26-12+/t28-,30-,31+,35-,36-,37+,39+,40-,41-/m0/s1. The van der Waals surface area contributed by atoms with Crippen LogP contribution >= 0.6 is 0 Å². The van der Waals surface area contributed by atoms with Gasteiger partial charge in [-0.05, 0) is 110 Å². The van der Waals surface area contributed by atoms with Crippen molar-refractivity contribution in [1.29, 1.82) is 0 Å². The Kier molecular flexibility index (Phi) is 12.4. The molecule has 2 bridgehead atoms. The lowest BCUT2D eigenvalue weighted by molar-refractivity contribution is -0.234. The zero-order valence-electron chi connectivity index (χ0n) is 31.6. The highest BCUT2D eigenvalue weighted by Gasteiger charge is 2.60. The number of carbonyl (C=O) groups excluding carboxylic acids is 4. The Hall–Kier alpha value is -2.72. The largest absolute Gasteiger partial charge is 0.469 e. The number of hydrogen-bond donors (Lipinski definition) is 3. The highest BCUT2D eigenvalue weighted by Crippen LogP contribution is 2.55. The smallest absolute Gasteiger partial charge is 0.313 e. The molecule has 0 saturated carbocycles. The van der Waals surface area contributed by atoms with Crippen molar-refractivity contribution in [1.82, 2.24) is 0 Å². The molecular weight excluding hydrogens is 636 g/mol. The third-order valence-corrected chi connectivity index (χ3v) is 12.4. The minimum absolute atomic E-state index is 0.00490. The molecule has 0 aromatic heterocycles. The first-order valence-corrected chi connectivity index (χ1v) is 18.4. The SMILES string of the molecule is COC(=O)[C@]12CC(=O)[C@H](C(C)C)CC(=O)/C(C)=C/CC/C(C)=C/C(=O)[C@H]1CC(C)=C1C[C@H](O)[C@](C)(O)[C@H]3CC[C@@](C)(O)[C@H](CC/C(C)=C\[C@@H]12)O3. The molecule has 2 aliphatic carbocycles. The van der Waals surface area contributed by atoms with Crippen LogP contribution in [0.2, 0.25) is 0 Å². The Morgan fingerprint density at radius 1 is 0.960 bits per heavy atom. The number of esters is 1. The molecule has 1 saturated heterocycles. The molecule has 9 atom stereocenters. The summed E-state index contributed by atoms with van der Waals surface area (Å²) in [7, 11) is 1.27. The number of hydrogen-bond acceptors (Lipinski definition) is 9. The molecule has 2 heterocycles. The van der Waals surface area contributed by atoms with E-state index in [0.29, 0.717) is 49.7 Å². The number of Topliss-reactive ketones (excluding diaryl/α,β-unsaturated/α-hetero) is 2. The monoisotopic (exact) mass is 696 g/mol. The topological polar surface area (TPSA) is 147 Å². The summed E-state index contributed by atoms with van der Waals surface area (Å²) in [4.78, 5) is 57.1. The molecule has 4 aliphatic rings. The number of ether oxygens (including phenoxy) is 2. The fourth-order valence-electron chi connectivity index (χ4n) is 8.79. The first-order chi connectivity index (χ1) is 23.3. The third-order valence-electron chi connectivity index (χ3n) is 12.4. The van der Waals surface area contributed by atoms with Crippen LogP contribution in [0.25, 0.3) is 0 Å². The average molecular weight is 697 g/mol. The van der Waals surface area contributed by atoms with Gasteiger partial charge in [0.25, 0.3) is 0 Å². The summed E-state index contributed by atoms with van der Waals surface area (Å²) in [5, 5.41) is 34.9. The van der Waals surface area contributed by atoms with Gasteiger partial charge in [-0.15, -0.1) is 0 Å². The zero-order chi connectivity index (χ0) is 37.3. The van der Waals surface area contributed by atoms with E-state index in [1.165, 1.54) is 7.11 Å². The van der Waals surface area contributed by atoms with Crippen molar-refractivity contribution in [2.24, 2.45) is 29.1 Å². The second-order valence-electron chi connectivity index (χ2n) is 16.5. The number of carbonyl (C=O) groups is 4. The molecule has 0 radical (unpaired) electrons. The lowest BCUT2D eigenvalue weighted by Gasteiger charge is -2.50. The predicted molar refractivity (Wildman–Crippen MR) is 191 cm³/mol. The van der Waals surface area contributed by atoms with Crippen molar-refractivity contribution in [3.8, 4) is 0 Å². The first kappa shape index (κ1) is 40.1. The molecule has 50 heavy (non-hydrogen) atoms. The molecular formula is C41H60O9. The van der Waals surface area contributed by atoms with Gasteiger partial charge in [-0.1, -0.05) is 48.3 Å². The van der Waals surface area contributed by atoms with Crippen LogP contribution in [0, 0.1) is 29.1 Å². The normalized spacial score (nSPS) is 41.5. The Labute approximate surface area is 298 Å². The second kappa shape index (κ2) is 15.5. The summed E-state index contributed by atoms with van der Waals surface area (Å²) in [6, 6.07) is 0. The summed E-state index contributed by atoms with van der Waals surface area (Å²) in [5.74, 6) is -4.06. The highest BCUT2D eigenvalue weighted by atomic mass is 16.5. The van der Waals surface area contributed by atoms with Gasteiger partial charge in [-0.3, -0.25) is 19.2 Å². The number of rotatable bonds is 2. The lowest BCUT2D eigenvalue weighted by atomic mass is 9.53. The lowest BCUT2D eigenvalue weighted by Crippen LogP contribution is -2.59. The van der Waals surface area contributed by atoms with Crippen molar-refractivity contribution < 1.29 is 44.0 Å². The molecule has 0 spiro atoms. The maximum Gasteiger partial charge on any atom is 0.313 e. The molecule has 9 nitrogen and oxygen atoms in total. The quantitative estimate of drug-likeness (QED) is 0.231. The molecule has 9 heteroatoms. The van der Waals surface area contributed by atoms with Crippen LogP contribution in [-0.4, -0.2) is 75.3 Å². The Bertz CT molecular complexity index is 1470. The van der Waals surface area contributed by atoms with Crippen LogP contribution in [0.15, 0.2) is 46.1 Å². The van der Waals surface area contributed by atoms with E-state index < -0.39 is 58.7 Å². The maximum absolute atomic E-state index is 14.6. The van der Waals surface area contributed by atoms with Gasteiger partial charge in [0.15, 0.2) is 11.6 Å². The fraction of sp³-hybridized carbons (Fsp3) is 0.707. The second-order valence-corrected chi connectivity index (χ2v) is 16.5. The van der Waals surface area contributed by atoms with Gasteiger partial charge in [0, 0.05) is 30.6 Å². The van der Waals surface area contributed by atoms with Gasteiger partial charge in [-0.2, -0.15) is 0 Å². The third kappa shape index (κ3) is 8.01. The van der Waals surface area contributed by atoms with E-state index in [0.717, 1.165) is 16.7 Å². The number of methoxy groups -OCH3 is 1. The number of ketones is 3. The molecule has 0 aromatic rings. The molecule has 4 rings (SSSR count). The minimum atomic E-state index is -1.71. The van der Waals surface area contributed by atoms with Crippen LogP contribution in [0.5, 0.6) is 0 Å². The molecule has 0 amide bonds. The van der Waals surface area contributed by atoms with Gasteiger partial charge in [0.05, 0.1) is 36.4 Å². The van der Waals surface area contributed by atoms with Gasteiger partial charge in [0.2, 0.25) is 0 Å². The Morgan fingerprint density at radius 3 is 2.28 bits per heavy atom. The first-order valence-electron chi connectivity index (χ1n) is 18.4. The van der Waals surface area contributed by atoms with Crippen LogP contribution in [0.4, 0.5) is 0 Å². The summed E-state index contributed by atoms with van der Waals surface area (Å²) in [6.45, 7) is 14.5. The van der Waals surface area contributed by atoms with Gasteiger partial charge < -0.3 is 24.8 Å². The predicted octanol–water partition coefficient (Wildman–Crippen LogP) is 6.09. The number of aliphatic hydroxyl groups excluding tert-OH is 1.